The Balaban J connectivity index is 2.36. The zero-order valence-electron chi connectivity index (χ0n) is 11.1. The summed E-state index contributed by atoms with van der Waals surface area (Å²) in [7, 11) is 1.72. The molecule has 0 saturated carbocycles. The molecule has 2 rings (SSSR count). The number of aryl methyl sites for hydroxylation is 1. The fourth-order valence-corrected chi connectivity index (χ4v) is 2.77. The van der Waals surface area contributed by atoms with Crippen molar-refractivity contribution in [1.29, 1.82) is 0 Å². The Morgan fingerprint density at radius 3 is 2.72 bits per heavy atom. The molecule has 0 fully saturated rings. The molecule has 0 aliphatic heterocycles. The quantitative estimate of drug-likeness (QED) is 0.884. The van der Waals surface area contributed by atoms with Crippen LogP contribution in [0.4, 0.5) is 0 Å². The number of nitrogens with one attached hydrogen (secondary N) is 1. The molecule has 0 bridgehead atoms. The van der Waals surface area contributed by atoms with Crippen molar-refractivity contribution in [3.63, 3.8) is 0 Å². The zero-order valence-corrected chi connectivity index (χ0v) is 11.9. The summed E-state index contributed by atoms with van der Waals surface area (Å²) in [6.45, 7) is 5.14. The van der Waals surface area contributed by atoms with Gasteiger partial charge < -0.3 is 10.1 Å². The van der Waals surface area contributed by atoms with Crippen molar-refractivity contribution in [3.8, 4) is 5.75 Å². The fourth-order valence-electron chi connectivity index (χ4n) is 2.09. The molecule has 1 N–H and O–H groups in total. The van der Waals surface area contributed by atoms with Gasteiger partial charge in [0.15, 0.2) is 0 Å². The lowest BCUT2D eigenvalue weighted by Crippen LogP contribution is -2.21. The van der Waals surface area contributed by atoms with E-state index < -0.39 is 0 Å². The summed E-state index contributed by atoms with van der Waals surface area (Å²) >= 11 is 1.73. The predicted molar refractivity (Wildman–Crippen MR) is 77.6 cm³/mol. The van der Waals surface area contributed by atoms with E-state index >= 15 is 0 Å². The van der Waals surface area contributed by atoms with E-state index in [1.807, 2.05) is 0 Å². The second-order valence-electron chi connectivity index (χ2n) is 4.28. The van der Waals surface area contributed by atoms with Gasteiger partial charge in [-0.25, -0.2) is 0 Å². The maximum absolute atomic E-state index is 5.41. The summed E-state index contributed by atoms with van der Waals surface area (Å²) in [6.07, 6.45) is 0. The molecular formula is C15H19NOS. The van der Waals surface area contributed by atoms with E-state index in [1.54, 1.807) is 18.4 Å². The standard InChI is InChI=1S/C15H19NOS/c1-4-16-15(13-7-8-18-10-13)12-6-5-11(2)14(9-12)17-3/h5-10,15-16H,4H2,1-3H3. The largest absolute Gasteiger partial charge is 0.496 e. The molecule has 0 spiro atoms. The lowest BCUT2D eigenvalue weighted by atomic mass is 9.99. The van der Waals surface area contributed by atoms with Crippen LogP contribution in [0, 0.1) is 6.92 Å². The van der Waals surface area contributed by atoms with Gasteiger partial charge in [-0.3, -0.25) is 0 Å². The molecule has 3 heteroatoms. The smallest absolute Gasteiger partial charge is 0.122 e. The number of hydrogen-bond acceptors (Lipinski definition) is 3. The van der Waals surface area contributed by atoms with Gasteiger partial charge in [0.25, 0.3) is 0 Å². The topological polar surface area (TPSA) is 21.3 Å². The average Bonchev–Trinajstić information content (AvgIpc) is 2.90. The predicted octanol–water partition coefficient (Wildman–Crippen LogP) is 3.76. The van der Waals surface area contributed by atoms with E-state index in [4.69, 9.17) is 4.74 Å². The minimum absolute atomic E-state index is 0.246. The first-order valence-electron chi connectivity index (χ1n) is 6.16. The Kier molecular flexibility index (Phi) is 4.39. The summed E-state index contributed by atoms with van der Waals surface area (Å²) in [5, 5.41) is 7.83. The first-order chi connectivity index (χ1) is 8.76. The fraction of sp³-hybridized carbons (Fsp3) is 0.333. The van der Waals surface area contributed by atoms with Crippen LogP contribution in [0.25, 0.3) is 0 Å². The molecule has 0 amide bonds. The van der Waals surface area contributed by atoms with Crippen molar-refractivity contribution >= 4 is 11.3 Å². The molecule has 1 heterocycles. The highest BCUT2D eigenvalue weighted by molar-refractivity contribution is 7.08. The molecule has 18 heavy (non-hydrogen) atoms. The number of methoxy groups -OCH3 is 1. The molecule has 0 radical (unpaired) electrons. The van der Waals surface area contributed by atoms with Crippen molar-refractivity contribution in [2.45, 2.75) is 19.9 Å². The van der Waals surface area contributed by atoms with Crippen LogP contribution in [0.2, 0.25) is 0 Å². The Hall–Kier alpha value is -1.32. The lowest BCUT2D eigenvalue weighted by molar-refractivity contribution is 0.410. The molecule has 0 aliphatic carbocycles. The first-order valence-corrected chi connectivity index (χ1v) is 7.10. The second-order valence-corrected chi connectivity index (χ2v) is 5.06. The third-order valence-corrected chi connectivity index (χ3v) is 3.75. The molecule has 1 aromatic carbocycles. The molecule has 1 aromatic heterocycles. The second kappa shape index (κ2) is 6.03. The molecule has 0 saturated heterocycles. The molecule has 0 aliphatic rings. The van der Waals surface area contributed by atoms with Crippen LogP contribution in [-0.4, -0.2) is 13.7 Å². The van der Waals surface area contributed by atoms with E-state index in [0.717, 1.165) is 12.3 Å². The molecule has 96 valence electrons. The van der Waals surface area contributed by atoms with Gasteiger partial charge >= 0.3 is 0 Å². The Bertz CT molecular complexity index is 493. The van der Waals surface area contributed by atoms with Crippen LogP contribution < -0.4 is 10.1 Å². The molecule has 2 nitrogen and oxygen atoms in total. The number of thiophene rings is 1. The van der Waals surface area contributed by atoms with Gasteiger partial charge in [-0.05, 0) is 53.1 Å². The summed E-state index contributed by atoms with van der Waals surface area (Å²) < 4.78 is 5.41. The van der Waals surface area contributed by atoms with Crippen LogP contribution in [0.1, 0.15) is 29.7 Å². The minimum Gasteiger partial charge on any atom is -0.496 e. The molecule has 2 aromatic rings. The van der Waals surface area contributed by atoms with Crippen LogP contribution in [0.15, 0.2) is 35.0 Å². The summed E-state index contributed by atoms with van der Waals surface area (Å²) in [4.78, 5) is 0. The highest BCUT2D eigenvalue weighted by Crippen LogP contribution is 2.28. The lowest BCUT2D eigenvalue weighted by Gasteiger charge is -2.18. The van der Waals surface area contributed by atoms with Crippen LogP contribution in [0.3, 0.4) is 0 Å². The SMILES string of the molecule is CCNC(c1ccsc1)c1ccc(C)c(OC)c1. The zero-order chi connectivity index (χ0) is 13.0. The molecule has 1 atom stereocenters. The Labute approximate surface area is 113 Å². The normalized spacial score (nSPS) is 12.4. The summed E-state index contributed by atoms with van der Waals surface area (Å²) in [5.74, 6) is 0.950. The van der Waals surface area contributed by atoms with E-state index in [-0.39, 0.29) is 6.04 Å². The van der Waals surface area contributed by atoms with Gasteiger partial charge in [-0.1, -0.05) is 19.1 Å². The van der Waals surface area contributed by atoms with Crippen LogP contribution in [-0.2, 0) is 0 Å². The third-order valence-electron chi connectivity index (χ3n) is 3.05. The Morgan fingerprint density at radius 2 is 2.11 bits per heavy atom. The molecule has 1 unspecified atom stereocenters. The van der Waals surface area contributed by atoms with Crippen molar-refractivity contribution in [2.75, 3.05) is 13.7 Å². The summed E-state index contributed by atoms with van der Waals surface area (Å²) in [5.41, 5.74) is 3.73. The third kappa shape index (κ3) is 2.74. The number of ether oxygens (including phenoxy) is 1. The highest BCUT2D eigenvalue weighted by atomic mass is 32.1. The van der Waals surface area contributed by atoms with Crippen LogP contribution >= 0.6 is 11.3 Å². The van der Waals surface area contributed by atoms with Crippen molar-refractivity contribution in [2.24, 2.45) is 0 Å². The van der Waals surface area contributed by atoms with Crippen molar-refractivity contribution < 1.29 is 4.74 Å². The van der Waals surface area contributed by atoms with Gasteiger partial charge in [-0.2, -0.15) is 11.3 Å². The van der Waals surface area contributed by atoms with E-state index in [0.29, 0.717) is 0 Å². The van der Waals surface area contributed by atoms with E-state index in [1.165, 1.54) is 16.7 Å². The van der Waals surface area contributed by atoms with E-state index in [2.05, 4.69) is 54.2 Å². The Morgan fingerprint density at radius 1 is 1.28 bits per heavy atom. The van der Waals surface area contributed by atoms with Gasteiger partial charge in [-0.15, -0.1) is 0 Å². The number of hydrogen-bond donors (Lipinski definition) is 1. The van der Waals surface area contributed by atoms with Crippen molar-refractivity contribution in [1.82, 2.24) is 5.32 Å². The minimum atomic E-state index is 0.246. The van der Waals surface area contributed by atoms with Gasteiger partial charge in [0.05, 0.1) is 13.2 Å². The average molecular weight is 261 g/mol. The van der Waals surface area contributed by atoms with Gasteiger partial charge in [0, 0.05) is 0 Å². The maximum Gasteiger partial charge on any atom is 0.122 e. The molecular weight excluding hydrogens is 242 g/mol. The number of rotatable bonds is 5. The highest BCUT2D eigenvalue weighted by Gasteiger charge is 2.14. The van der Waals surface area contributed by atoms with E-state index in [9.17, 15) is 0 Å². The monoisotopic (exact) mass is 261 g/mol. The first kappa shape index (κ1) is 13.1. The summed E-state index contributed by atoms with van der Waals surface area (Å²) in [6, 6.07) is 8.83. The maximum atomic E-state index is 5.41. The van der Waals surface area contributed by atoms with Gasteiger partial charge in [0.1, 0.15) is 5.75 Å². The van der Waals surface area contributed by atoms with Crippen LogP contribution in [0.5, 0.6) is 5.75 Å². The van der Waals surface area contributed by atoms with Crippen molar-refractivity contribution in [3.05, 3.63) is 51.7 Å². The van der Waals surface area contributed by atoms with Gasteiger partial charge in [0.2, 0.25) is 0 Å². The number of benzene rings is 1.